The highest BCUT2D eigenvalue weighted by Crippen LogP contribution is 2.18. The number of aliphatic hydroxyl groups is 1. The number of para-hydroxylation sites is 1. The molecule has 5 nitrogen and oxygen atoms in total. The highest BCUT2D eigenvalue weighted by atomic mass is 16.3. The van der Waals surface area contributed by atoms with Crippen LogP contribution in [0.1, 0.15) is 34.1 Å². The van der Waals surface area contributed by atoms with Gasteiger partial charge < -0.3 is 10.4 Å². The van der Waals surface area contributed by atoms with Crippen molar-refractivity contribution in [3.63, 3.8) is 0 Å². The van der Waals surface area contributed by atoms with Gasteiger partial charge in [0.1, 0.15) is 0 Å². The number of hydrogen-bond acceptors (Lipinski definition) is 3. The van der Waals surface area contributed by atoms with Gasteiger partial charge in [-0.25, -0.2) is 4.68 Å². The maximum atomic E-state index is 12.5. The van der Waals surface area contributed by atoms with Crippen LogP contribution in [0.15, 0.2) is 66.7 Å². The van der Waals surface area contributed by atoms with Crippen LogP contribution < -0.4 is 5.32 Å². The summed E-state index contributed by atoms with van der Waals surface area (Å²) in [7, 11) is 0. The third-order valence-electron chi connectivity index (χ3n) is 4.38. The molecular formula is C21H23N3O2. The summed E-state index contributed by atoms with van der Waals surface area (Å²) in [5.74, 6) is -0.135. The molecule has 26 heavy (non-hydrogen) atoms. The smallest absolute Gasteiger partial charge is 0.271 e. The van der Waals surface area contributed by atoms with Crippen molar-refractivity contribution in [1.29, 1.82) is 0 Å². The van der Waals surface area contributed by atoms with E-state index in [2.05, 4.69) is 10.4 Å². The van der Waals surface area contributed by atoms with Gasteiger partial charge in [-0.2, -0.15) is 5.10 Å². The van der Waals surface area contributed by atoms with Gasteiger partial charge in [-0.3, -0.25) is 4.79 Å². The molecule has 1 heterocycles. The predicted octanol–water partition coefficient (Wildman–Crippen LogP) is 3.08. The molecule has 134 valence electrons. The van der Waals surface area contributed by atoms with E-state index >= 15 is 0 Å². The molecule has 0 aliphatic rings. The summed E-state index contributed by atoms with van der Waals surface area (Å²) in [4.78, 5) is 12.5. The van der Waals surface area contributed by atoms with Crippen LogP contribution in [0.25, 0.3) is 5.69 Å². The standard InChI is InChI=1S/C21H23N3O2/c1-16-14-20(23-24(16)19-10-6-3-7-11-19)21(26)22-15-18(12-13-25)17-8-4-2-5-9-17/h2-11,14,18,25H,12-13,15H2,1H3,(H,22,26). The van der Waals surface area contributed by atoms with Crippen LogP contribution in [-0.2, 0) is 0 Å². The lowest BCUT2D eigenvalue weighted by Gasteiger charge is -2.16. The van der Waals surface area contributed by atoms with Crippen molar-refractivity contribution < 1.29 is 9.90 Å². The zero-order chi connectivity index (χ0) is 18.4. The van der Waals surface area contributed by atoms with Gasteiger partial charge in [-0.15, -0.1) is 0 Å². The molecule has 0 fully saturated rings. The van der Waals surface area contributed by atoms with Crippen molar-refractivity contribution in [3.8, 4) is 5.69 Å². The number of rotatable bonds is 7. The largest absolute Gasteiger partial charge is 0.396 e. The van der Waals surface area contributed by atoms with Crippen molar-refractivity contribution in [2.45, 2.75) is 19.3 Å². The number of nitrogens with zero attached hydrogens (tertiary/aromatic N) is 2. The number of carbonyl (C=O) groups is 1. The number of amides is 1. The number of aryl methyl sites for hydroxylation is 1. The van der Waals surface area contributed by atoms with Crippen LogP contribution in [0.3, 0.4) is 0 Å². The quantitative estimate of drug-likeness (QED) is 0.689. The SMILES string of the molecule is Cc1cc(C(=O)NCC(CCO)c2ccccc2)nn1-c1ccccc1. The zero-order valence-corrected chi connectivity index (χ0v) is 14.8. The minimum absolute atomic E-state index is 0.0717. The van der Waals surface area contributed by atoms with E-state index in [-0.39, 0.29) is 18.4 Å². The molecule has 0 aliphatic heterocycles. The average Bonchev–Trinajstić information content (AvgIpc) is 3.08. The van der Waals surface area contributed by atoms with E-state index in [0.29, 0.717) is 18.7 Å². The monoisotopic (exact) mass is 349 g/mol. The number of nitrogens with one attached hydrogen (secondary N) is 1. The molecule has 1 amide bonds. The van der Waals surface area contributed by atoms with Crippen molar-refractivity contribution in [1.82, 2.24) is 15.1 Å². The Bertz CT molecular complexity index is 844. The van der Waals surface area contributed by atoms with Gasteiger partial charge in [0.2, 0.25) is 0 Å². The van der Waals surface area contributed by atoms with E-state index in [1.807, 2.05) is 67.6 Å². The molecule has 1 unspecified atom stereocenters. The third kappa shape index (κ3) is 4.18. The van der Waals surface area contributed by atoms with Crippen LogP contribution in [0.5, 0.6) is 0 Å². The maximum absolute atomic E-state index is 12.5. The lowest BCUT2D eigenvalue weighted by Crippen LogP contribution is -2.29. The molecule has 1 aromatic heterocycles. The fraction of sp³-hybridized carbons (Fsp3) is 0.238. The fourth-order valence-electron chi connectivity index (χ4n) is 2.99. The Morgan fingerprint density at radius 1 is 1.12 bits per heavy atom. The van der Waals surface area contributed by atoms with Gasteiger partial charge in [0.15, 0.2) is 5.69 Å². The first kappa shape index (κ1) is 17.9. The van der Waals surface area contributed by atoms with E-state index in [9.17, 15) is 9.90 Å². The van der Waals surface area contributed by atoms with Crippen molar-refractivity contribution in [2.75, 3.05) is 13.2 Å². The second-order valence-electron chi connectivity index (χ2n) is 6.25. The van der Waals surface area contributed by atoms with Crippen LogP contribution in [0.2, 0.25) is 0 Å². The van der Waals surface area contributed by atoms with E-state index in [1.165, 1.54) is 0 Å². The molecule has 0 saturated heterocycles. The normalized spacial score (nSPS) is 11.9. The molecule has 2 aromatic carbocycles. The number of carbonyl (C=O) groups excluding carboxylic acids is 1. The topological polar surface area (TPSA) is 67.2 Å². The molecule has 3 aromatic rings. The first-order chi connectivity index (χ1) is 12.7. The van der Waals surface area contributed by atoms with Crippen molar-refractivity contribution >= 4 is 5.91 Å². The third-order valence-corrected chi connectivity index (χ3v) is 4.38. The highest BCUT2D eigenvalue weighted by Gasteiger charge is 2.16. The Labute approximate surface area is 153 Å². The second kappa shape index (κ2) is 8.45. The Morgan fingerprint density at radius 3 is 2.42 bits per heavy atom. The molecule has 0 bridgehead atoms. The number of aromatic nitrogens is 2. The average molecular weight is 349 g/mol. The summed E-state index contributed by atoms with van der Waals surface area (Å²) in [6.07, 6.45) is 0.599. The summed E-state index contributed by atoms with van der Waals surface area (Å²) in [6.45, 7) is 2.47. The number of aliphatic hydroxyl groups excluding tert-OH is 1. The van der Waals surface area contributed by atoms with Crippen LogP contribution in [0, 0.1) is 6.92 Å². The summed E-state index contributed by atoms with van der Waals surface area (Å²) >= 11 is 0. The van der Waals surface area contributed by atoms with Gasteiger partial charge in [0, 0.05) is 24.8 Å². The number of hydrogen-bond donors (Lipinski definition) is 2. The summed E-state index contributed by atoms with van der Waals surface area (Å²) in [6, 6.07) is 21.4. The Morgan fingerprint density at radius 2 is 1.77 bits per heavy atom. The molecule has 0 aliphatic carbocycles. The molecule has 0 radical (unpaired) electrons. The maximum Gasteiger partial charge on any atom is 0.271 e. The fourth-order valence-corrected chi connectivity index (χ4v) is 2.99. The molecule has 1 atom stereocenters. The zero-order valence-electron chi connectivity index (χ0n) is 14.8. The first-order valence-corrected chi connectivity index (χ1v) is 8.75. The van der Waals surface area contributed by atoms with Gasteiger partial charge >= 0.3 is 0 Å². The molecular weight excluding hydrogens is 326 g/mol. The molecule has 0 spiro atoms. The summed E-state index contributed by atoms with van der Waals surface area (Å²) in [5, 5.41) is 16.7. The van der Waals surface area contributed by atoms with Crippen LogP contribution in [0.4, 0.5) is 0 Å². The lowest BCUT2D eigenvalue weighted by molar-refractivity contribution is 0.0944. The van der Waals surface area contributed by atoms with Gasteiger partial charge in [-0.1, -0.05) is 48.5 Å². The Balaban J connectivity index is 1.70. The summed E-state index contributed by atoms with van der Waals surface area (Å²) < 4.78 is 1.76. The Hall–Kier alpha value is -2.92. The van der Waals surface area contributed by atoms with Gasteiger partial charge in [0.25, 0.3) is 5.91 Å². The minimum Gasteiger partial charge on any atom is -0.396 e. The Kier molecular flexibility index (Phi) is 5.81. The predicted molar refractivity (Wildman–Crippen MR) is 102 cm³/mol. The first-order valence-electron chi connectivity index (χ1n) is 8.75. The molecule has 0 saturated carbocycles. The molecule has 3 rings (SSSR count). The molecule has 5 heteroatoms. The van der Waals surface area contributed by atoms with Gasteiger partial charge in [0.05, 0.1) is 5.69 Å². The van der Waals surface area contributed by atoms with E-state index in [0.717, 1.165) is 16.9 Å². The van der Waals surface area contributed by atoms with E-state index < -0.39 is 0 Å². The number of benzene rings is 2. The van der Waals surface area contributed by atoms with E-state index in [4.69, 9.17) is 0 Å². The van der Waals surface area contributed by atoms with E-state index in [1.54, 1.807) is 10.7 Å². The van der Waals surface area contributed by atoms with Crippen LogP contribution in [-0.4, -0.2) is 33.9 Å². The molecule has 2 N–H and O–H groups in total. The van der Waals surface area contributed by atoms with Crippen molar-refractivity contribution in [3.05, 3.63) is 83.7 Å². The summed E-state index contributed by atoms with van der Waals surface area (Å²) in [5.41, 5.74) is 3.32. The highest BCUT2D eigenvalue weighted by molar-refractivity contribution is 5.92. The van der Waals surface area contributed by atoms with Crippen LogP contribution >= 0.6 is 0 Å². The van der Waals surface area contributed by atoms with Crippen molar-refractivity contribution in [2.24, 2.45) is 0 Å². The van der Waals surface area contributed by atoms with Gasteiger partial charge in [-0.05, 0) is 37.1 Å². The minimum atomic E-state index is -0.207. The second-order valence-corrected chi connectivity index (χ2v) is 6.25. The lowest BCUT2D eigenvalue weighted by atomic mass is 9.96.